The zero-order valence-corrected chi connectivity index (χ0v) is 12.5. The Hall–Kier alpha value is -1.22. The smallest absolute Gasteiger partial charge is 0.125 e. The SMILES string of the molecule is COc1c(C)cc(NC2CCC(N)CC2)c(C)c1C. The van der Waals surface area contributed by atoms with Gasteiger partial charge < -0.3 is 15.8 Å². The lowest BCUT2D eigenvalue weighted by atomic mass is 9.91. The minimum atomic E-state index is 0.401. The highest BCUT2D eigenvalue weighted by Crippen LogP contribution is 2.32. The summed E-state index contributed by atoms with van der Waals surface area (Å²) in [6.45, 7) is 6.39. The van der Waals surface area contributed by atoms with Crippen molar-refractivity contribution in [2.45, 2.75) is 58.5 Å². The van der Waals surface area contributed by atoms with Gasteiger partial charge in [-0.25, -0.2) is 0 Å². The molecule has 0 amide bonds. The summed E-state index contributed by atoms with van der Waals surface area (Å²) in [4.78, 5) is 0. The standard InChI is InChI=1S/C16H26N2O/c1-10-9-15(11(2)12(3)16(10)19-4)18-14-7-5-13(17)6-8-14/h9,13-14,18H,5-8,17H2,1-4H3. The third kappa shape index (κ3) is 3.03. The summed E-state index contributed by atoms with van der Waals surface area (Å²) in [6, 6.07) is 3.17. The molecule has 0 saturated heterocycles. The molecule has 3 N–H and O–H groups in total. The average molecular weight is 262 g/mol. The van der Waals surface area contributed by atoms with Crippen molar-refractivity contribution >= 4 is 5.69 Å². The molecule has 3 heteroatoms. The van der Waals surface area contributed by atoms with Crippen molar-refractivity contribution in [1.82, 2.24) is 0 Å². The minimum absolute atomic E-state index is 0.401. The van der Waals surface area contributed by atoms with Crippen LogP contribution in [-0.4, -0.2) is 19.2 Å². The van der Waals surface area contributed by atoms with E-state index in [1.54, 1.807) is 7.11 Å². The molecule has 1 aromatic carbocycles. The van der Waals surface area contributed by atoms with Gasteiger partial charge in [0.25, 0.3) is 0 Å². The van der Waals surface area contributed by atoms with Crippen LogP contribution in [0.25, 0.3) is 0 Å². The molecule has 1 aromatic rings. The lowest BCUT2D eigenvalue weighted by Crippen LogP contribution is -2.33. The third-order valence-electron chi connectivity index (χ3n) is 4.36. The highest BCUT2D eigenvalue weighted by Gasteiger charge is 2.19. The molecule has 0 radical (unpaired) electrons. The summed E-state index contributed by atoms with van der Waals surface area (Å²) in [7, 11) is 1.74. The van der Waals surface area contributed by atoms with Crippen LogP contribution in [-0.2, 0) is 0 Å². The minimum Gasteiger partial charge on any atom is -0.496 e. The topological polar surface area (TPSA) is 47.3 Å². The van der Waals surface area contributed by atoms with Gasteiger partial charge in [-0.05, 0) is 69.2 Å². The van der Waals surface area contributed by atoms with E-state index in [0.717, 1.165) is 18.6 Å². The number of nitrogens with one attached hydrogen (secondary N) is 1. The molecule has 1 aliphatic carbocycles. The van der Waals surface area contributed by atoms with Gasteiger partial charge in [0, 0.05) is 17.8 Å². The van der Waals surface area contributed by atoms with Gasteiger partial charge in [0.05, 0.1) is 7.11 Å². The number of benzene rings is 1. The summed E-state index contributed by atoms with van der Waals surface area (Å²) < 4.78 is 5.47. The second-order valence-electron chi connectivity index (χ2n) is 5.78. The quantitative estimate of drug-likeness (QED) is 0.878. The van der Waals surface area contributed by atoms with E-state index in [0.29, 0.717) is 12.1 Å². The molecule has 1 aliphatic rings. The molecule has 3 nitrogen and oxygen atoms in total. The predicted octanol–water partition coefficient (Wildman–Crippen LogP) is 3.30. The van der Waals surface area contributed by atoms with Crippen molar-refractivity contribution in [3.8, 4) is 5.75 Å². The predicted molar refractivity (Wildman–Crippen MR) is 81.1 cm³/mol. The Bertz CT molecular complexity index is 449. The van der Waals surface area contributed by atoms with E-state index in [-0.39, 0.29) is 0 Å². The summed E-state index contributed by atoms with van der Waals surface area (Å²) in [5.41, 5.74) is 10.9. The van der Waals surface area contributed by atoms with E-state index in [2.05, 4.69) is 32.2 Å². The number of aryl methyl sites for hydroxylation is 1. The Balaban J connectivity index is 2.17. The fourth-order valence-corrected chi connectivity index (χ4v) is 3.01. The van der Waals surface area contributed by atoms with Crippen molar-refractivity contribution < 1.29 is 4.74 Å². The lowest BCUT2D eigenvalue weighted by Gasteiger charge is -2.29. The number of rotatable bonds is 3. The number of nitrogens with two attached hydrogens (primary N) is 1. The Morgan fingerprint density at radius 3 is 2.32 bits per heavy atom. The number of ether oxygens (including phenoxy) is 1. The van der Waals surface area contributed by atoms with Crippen molar-refractivity contribution in [2.24, 2.45) is 5.73 Å². The van der Waals surface area contributed by atoms with Crippen LogP contribution in [0.1, 0.15) is 42.4 Å². The molecule has 106 valence electrons. The van der Waals surface area contributed by atoms with Crippen LogP contribution in [0.4, 0.5) is 5.69 Å². The van der Waals surface area contributed by atoms with E-state index >= 15 is 0 Å². The van der Waals surface area contributed by atoms with Gasteiger partial charge >= 0.3 is 0 Å². The maximum Gasteiger partial charge on any atom is 0.125 e. The molecule has 0 bridgehead atoms. The number of anilines is 1. The fraction of sp³-hybridized carbons (Fsp3) is 0.625. The zero-order chi connectivity index (χ0) is 14.0. The van der Waals surface area contributed by atoms with Gasteiger partial charge in [0.15, 0.2) is 0 Å². The third-order valence-corrected chi connectivity index (χ3v) is 4.36. The Morgan fingerprint density at radius 2 is 1.74 bits per heavy atom. The van der Waals surface area contributed by atoms with Crippen molar-refractivity contribution in [3.05, 3.63) is 22.8 Å². The average Bonchev–Trinajstić information content (AvgIpc) is 2.39. The lowest BCUT2D eigenvalue weighted by molar-refractivity contribution is 0.406. The van der Waals surface area contributed by atoms with Crippen LogP contribution < -0.4 is 15.8 Å². The van der Waals surface area contributed by atoms with E-state index in [9.17, 15) is 0 Å². The summed E-state index contributed by atoms with van der Waals surface area (Å²) in [6.07, 6.45) is 4.60. The summed E-state index contributed by atoms with van der Waals surface area (Å²) in [5.74, 6) is 1.01. The number of methoxy groups -OCH3 is 1. The van der Waals surface area contributed by atoms with Gasteiger partial charge in [-0.15, -0.1) is 0 Å². The second kappa shape index (κ2) is 5.83. The molecule has 0 aliphatic heterocycles. The van der Waals surface area contributed by atoms with Gasteiger partial charge in [0.2, 0.25) is 0 Å². The second-order valence-corrected chi connectivity index (χ2v) is 5.78. The van der Waals surface area contributed by atoms with Gasteiger partial charge in [0.1, 0.15) is 5.75 Å². The van der Waals surface area contributed by atoms with Crippen LogP contribution in [0, 0.1) is 20.8 Å². The van der Waals surface area contributed by atoms with Crippen LogP contribution in [0.15, 0.2) is 6.07 Å². The Kier molecular flexibility index (Phi) is 4.35. The van der Waals surface area contributed by atoms with Crippen LogP contribution in [0.3, 0.4) is 0 Å². The molecule has 1 fully saturated rings. The normalized spacial score (nSPS) is 23.2. The van der Waals surface area contributed by atoms with Gasteiger partial charge in [-0.1, -0.05) is 0 Å². The highest BCUT2D eigenvalue weighted by atomic mass is 16.5. The maximum absolute atomic E-state index is 5.96. The van der Waals surface area contributed by atoms with E-state index < -0.39 is 0 Å². The molecule has 1 saturated carbocycles. The highest BCUT2D eigenvalue weighted by molar-refractivity contribution is 5.61. The summed E-state index contributed by atoms with van der Waals surface area (Å²) >= 11 is 0. The Morgan fingerprint density at radius 1 is 1.11 bits per heavy atom. The van der Waals surface area contributed by atoms with Crippen LogP contribution >= 0.6 is 0 Å². The maximum atomic E-state index is 5.96. The number of hydrogen-bond acceptors (Lipinski definition) is 3. The van der Waals surface area contributed by atoms with Crippen LogP contribution in [0.2, 0.25) is 0 Å². The largest absolute Gasteiger partial charge is 0.496 e. The molecular formula is C16H26N2O. The van der Waals surface area contributed by atoms with Crippen molar-refractivity contribution in [2.75, 3.05) is 12.4 Å². The monoisotopic (exact) mass is 262 g/mol. The first-order chi connectivity index (χ1) is 9.02. The molecule has 0 unspecified atom stereocenters. The molecule has 0 atom stereocenters. The first-order valence-electron chi connectivity index (χ1n) is 7.19. The number of hydrogen-bond donors (Lipinski definition) is 2. The molecule has 19 heavy (non-hydrogen) atoms. The molecule has 0 spiro atoms. The fourth-order valence-electron chi connectivity index (χ4n) is 3.01. The van der Waals surface area contributed by atoms with E-state index in [1.165, 1.54) is 35.2 Å². The van der Waals surface area contributed by atoms with Crippen molar-refractivity contribution in [3.63, 3.8) is 0 Å². The van der Waals surface area contributed by atoms with Gasteiger partial charge in [-0.2, -0.15) is 0 Å². The zero-order valence-electron chi connectivity index (χ0n) is 12.5. The Labute approximate surface area is 116 Å². The first kappa shape index (κ1) is 14.2. The van der Waals surface area contributed by atoms with Crippen molar-refractivity contribution in [1.29, 1.82) is 0 Å². The van der Waals surface area contributed by atoms with Gasteiger partial charge in [-0.3, -0.25) is 0 Å². The van der Waals surface area contributed by atoms with E-state index in [4.69, 9.17) is 10.5 Å². The molecular weight excluding hydrogens is 236 g/mol. The van der Waals surface area contributed by atoms with Crippen LogP contribution in [0.5, 0.6) is 5.75 Å². The summed E-state index contributed by atoms with van der Waals surface area (Å²) in [5, 5.41) is 3.69. The first-order valence-corrected chi connectivity index (χ1v) is 7.19. The molecule has 2 rings (SSSR count). The van der Waals surface area contributed by atoms with E-state index in [1.807, 2.05) is 0 Å². The molecule has 0 aromatic heterocycles. The molecule has 0 heterocycles.